The first-order valence-electron chi connectivity index (χ1n) is 9.42. The summed E-state index contributed by atoms with van der Waals surface area (Å²) in [6.45, 7) is 1.64. The molecular weight excluding hydrogens is 352 g/mol. The molecule has 2 aromatic heterocycles. The molecule has 0 aliphatic heterocycles. The van der Waals surface area contributed by atoms with E-state index < -0.39 is 0 Å². The molecule has 4 rings (SSSR count). The van der Waals surface area contributed by atoms with E-state index in [9.17, 15) is 0 Å². The molecule has 0 fully saturated rings. The number of methoxy groups -OCH3 is 2. The maximum absolute atomic E-state index is 5.74. The fourth-order valence-electron chi connectivity index (χ4n) is 3.81. The maximum Gasteiger partial charge on any atom is 0.164 e. The average Bonchev–Trinajstić information content (AvgIpc) is 3.40. The maximum atomic E-state index is 5.74. The van der Waals surface area contributed by atoms with Crippen molar-refractivity contribution in [3.8, 4) is 11.5 Å². The lowest BCUT2D eigenvalue weighted by molar-refractivity contribution is -0.673. The molecule has 28 heavy (non-hydrogen) atoms. The number of ether oxygens (including phenoxy) is 2. The van der Waals surface area contributed by atoms with Crippen LogP contribution in [-0.4, -0.2) is 25.7 Å². The number of rotatable bonds is 8. The molecule has 0 aliphatic carbocycles. The number of hydrogen-bond acceptors (Lipinski definition) is 3. The molecule has 2 aromatic carbocycles. The van der Waals surface area contributed by atoms with Gasteiger partial charge in [-0.05, 0) is 29.8 Å². The Balaban J connectivity index is 1.73. The molecule has 5 heteroatoms. The predicted octanol–water partition coefficient (Wildman–Crippen LogP) is 3.67. The monoisotopic (exact) mass is 377 g/mol. The standard InChI is InChI=1S/C23H24N2O3/c1-26-22-11-5-9-18(23(22)27-2)19(14-24-13-16-7-6-12-28-16)20-15-25-21-10-4-3-8-17(20)21/h3-12,15,19,24-25H,13-14H2,1-2H3/p+1/t19-/m1/s1. The first-order valence-corrected chi connectivity index (χ1v) is 9.42. The molecule has 0 unspecified atom stereocenters. The van der Waals surface area contributed by atoms with Gasteiger partial charge in [0.1, 0.15) is 6.54 Å². The van der Waals surface area contributed by atoms with Crippen molar-refractivity contribution in [3.63, 3.8) is 0 Å². The quantitative estimate of drug-likeness (QED) is 0.492. The van der Waals surface area contributed by atoms with E-state index in [1.165, 1.54) is 10.9 Å². The number of quaternary nitrogens is 1. The second-order valence-electron chi connectivity index (χ2n) is 6.73. The summed E-state index contributed by atoms with van der Waals surface area (Å²) < 4.78 is 16.8. The van der Waals surface area contributed by atoms with Crippen LogP contribution in [0.2, 0.25) is 0 Å². The first kappa shape index (κ1) is 18.2. The largest absolute Gasteiger partial charge is 0.493 e. The molecule has 0 aliphatic rings. The zero-order valence-corrected chi connectivity index (χ0v) is 16.1. The summed E-state index contributed by atoms with van der Waals surface area (Å²) in [7, 11) is 3.37. The Kier molecular flexibility index (Phi) is 5.35. The van der Waals surface area contributed by atoms with E-state index in [0.717, 1.165) is 41.4 Å². The van der Waals surface area contributed by atoms with Crippen molar-refractivity contribution in [2.45, 2.75) is 12.5 Å². The number of aromatic nitrogens is 1. The molecule has 0 spiro atoms. The smallest absolute Gasteiger partial charge is 0.164 e. The van der Waals surface area contributed by atoms with E-state index in [2.05, 4.69) is 40.8 Å². The molecule has 0 radical (unpaired) electrons. The van der Waals surface area contributed by atoms with Crippen LogP contribution in [-0.2, 0) is 6.54 Å². The van der Waals surface area contributed by atoms with Gasteiger partial charge in [-0.25, -0.2) is 0 Å². The molecule has 3 N–H and O–H groups in total. The van der Waals surface area contributed by atoms with Crippen molar-refractivity contribution in [1.29, 1.82) is 0 Å². The van der Waals surface area contributed by atoms with Crippen molar-refractivity contribution in [1.82, 2.24) is 4.98 Å². The molecule has 2 heterocycles. The molecule has 0 saturated heterocycles. The van der Waals surface area contributed by atoms with Crippen LogP contribution in [0.4, 0.5) is 0 Å². The summed E-state index contributed by atoms with van der Waals surface area (Å²) in [6, 6.07) is 18.4. The van der Waals surface area contributed by atoms with E-state index in [1.807, 2.05) is 30.3 Å². The number of furan rings is 1. The third-order valence-electron chi connectivity index (χ3n) is 5.13. The van der Waals surface area contributed by atoms with Gasteiger partial charge in [0.2, 0.25) is 0 Å². The molecule has 5 nitrogen and oxygen atoms in total. The highest BCUT2D eigenvalue weighted by Gasteiger charge is 2.25. The minimum atomic E-state index is 0.135. The van der Waals surface area contributed by atoms with E-state index in [1.54, 1.807) is 20.5 Å². The summed E-state index contributed by atoms with van der Waals surface area (Å²) >= 11 is 0. The van der Waals surface area contributed by atoms with Crippen LogP contribution < -0.4 is 14.8 Å². The lowest BCUT2D eigenvalue weighted by atomic mass is 9.90. The Bertz CT molecular complexity index is 1040. The van der Waals surface area contributed by atoms with Gasteiger partial charge in [0.15, 0.2) is 17.3 Å². The zero-order chi connectivity index (χ0) is 19.3. The second-order valence-corrected chi connectivity index (χ2v) is 6.73. The number of aromatic amines is 1. The minimum absolute atomic E-state index is 0.135. The van der Waals surface area contributed by atoms with E-state index in [4.69, 9.17) is 13.9 Å². The van der Waals surface area contributed by atoms with Gasteiger partial charge in [0, 0.05) is 22.7 Å². The molecule has 144 valence electrons. The van der Waals surface area contributed by atoms with Crippen molar-refractivity contribution in [2.75, 3.05) is 20.8 Å². The Labute approximate surface area is 164 Å². The fourth-order valence-corrected chi connectivity index (χ4v) is 3.81. The van der Waals surface area contributed by atoms with Crippen LogP contribution in [0, 0.1) is 0 Å². The van der Waals surface area contributed by atoms with Gasteiger partial charge in [-0.3, -0.25) is 0 Å². The number of benzene rings is 2. The Morgan fingerprint density at radius 1 is 0.964 bits per heavy atom. The number of H-pyrrole nitrogens is 1. The second kappa shape index (κ2) is 8.23. The van der Waals surface area contributed by atoms with Crippen LogP contribution in [0.1, 0.15) is 22.8 Å². The van der Waals surface area contributed by atoms with Gasteiger partial charge in [-0.2, -0.15) is 0 Å². The number of hydrogen-bond donors (Lipinski definition) is 2. The van der Waals surface area contributed by atoms with Crippen LogP contribution in [0.5, 0.6) is 11.5 Å². The molecular formula is C23H25N2O3+. The number of nitrogens with one attached hydrogen (secondary N) is 1. The van der Waals surface area contributed by atoms with E-state index in [0.29, 0.717) is 0 Å². The number of nitrogens with two attached hydrogens (primary N) is 1. The summed E-state index contributed by atoms with van der Waals surface area (Å²) in [5, 5.41) is 3.49. The highest BCUT2D eigenvalue weighted by Crippen LogP contribution is 2.39. The van der Waals surface area contributed by atoms with Gasteiger partial charge in [-0.1, -0.05) is 30.3 Å². The van der Waals surface area contributed by atoms with Crippen molar-refractivity contribution >= 4 is 10.9 Å². The highest BCUT2D eigenvalue weighted by atomic mass is 16.5. The van der Waals surface area contributed by atoms with Gasteiger partial charge < -0.3 is 24.2 Å². The number of fused-ring (bicyclic) bond motifs is 1. The Morgan fingerprint density at radius 2 is 1.86 bits per heavy atom. The first-order chi connectivity index (χ1) is 13.8. The molecule has 0 bridgehead atoms. The van der Waals surface area contributed by atoms with Gasteiger partial charge >= 0.3 is 0 Å². The summed E-state index contributed by atoms with van der Waals surface area (Å²) in [4.78, 5) is 3.40. The zero-order valence-electron chi connectivity index (χ0n) is 16.1. The van der Waals surface area contributed by atoms with Gasteiger partial charge in [0.05, 0.1) is 32.9 Å². The summed E-state index contributed by atoms with van der Waals surface area (Å²) in [6.07, 6.45) is 3.82. The van der Waals surface area contributed by atoms with Crippen LogP contribution >= 0.6 is 0 Å². The molecule has 4 aromatic rings. The van der Waals surface area contributed by atoms with Crippen molar-refractivity contribution in [3.05, 3.63) is 83.9 Å². The molecule has 1 atom stereocenters. The highest BCUT2D eigenvalue weighted by molar-refractivity contribution is 5.84. The third-order valence-corrected chi connectivity index (χ3v) is 5.13. The lowest BCUT2D eigenvalue weighted by Crippen LogP contribution is -2.83. The fraction of sp³-hybridized carbons (Fsp3) is 0.217. The SMILES string of the molecule is COc1cccc([C@@H](C[NH2+]Cc2ccco2)c2c[nH]c3ccccc23)c1OC. The van der Waals surface area contributed by atoms with Crippen LogP contribution in [0.25, 0.3) is 10.9 Å². The predicted molar refractivity (Wildman–Crippen MR) is 109 cm³/mol. The van der Waals surface area contributed by atoms with E-state index in [-0.39, 0.29) is 5.92 Å². The van der Waals surface area contributed by atoms with Gasteiger partial charge in [0.25, 0.3) is 0 Å². The van der Waals surface area contributed by atoms with Crippen molar-refractivity contribution < 1.29 is 19.2 Å². The van der Waals surface area contributed by atoms with Gasteiger partial charge in [-0.15, -0.1) is 0 Å². The number of para-hydroxylation sites is 2. The van der Waals surface area contributed by atoms with E-state index >= 15 is 0 Å². The summed E-state index contributed by atoms with van der Waals surface area (Å²) in [5.41, 5.74) is 3.50. The van der Waals surface area contributed by atoms with Crippen LogP contribution in [0.3, 0.4) is 0 Å². The van der Waals surface area contributed by atoms with Crippen LogP contribution in [0.15, 0.2) is 71.5 Å². The average molecular weight is 377 g/mol. The Hall–Kier alpha value is -3.18. The molecule has 0 amide bonds. The topological polar surface area (TPSA) is 64.0 Å². The van der Waals surface area contributed by atoms with Crippen molar-refractivity contribution in [2.24, 2.45) is 0 Å². The Morgan fingerprint density at radius 3 is 2.64 bits per heavy atom. The molecule has 0 saturated carbocycles. The normalized spacial score (nSPS) is 12.2. The summed E-state index contributed by atoms with van der Waals surface area (Å²) in [5.74, 6) is 2.63. The lowest BCUT2D eigenvalue weighted by Gasteiger charge is -2.20. The minimum Gasteiger partial charge on any atom is -0.493 e. The third kappa shape index (κ3) is 3.49.